The van der Waals surface area contributed by atoms with Gasteiger partial charge in [0.05, 0.1) is 11.4 Å². The van der Waals surface area contributed by atoms with Crippen molar-refractivity contribution in [1.82, 2.24) is 0 Å². The number of phenols is 1. The number of phenolic OH excluding ortho intramolecular Hbond substituents is 1. The van der Waals surface area contributed by atoms with Crippen molar-refractivity contribution < 1.29 is 9.52 Å². The van der Waals surface area contributed by atoms with Gasteiger partial charge in [0.1, 0.15) is 11.3 Å². The molecular weight excluding hydrogens is 340 g/mol. The minimum Gasteiger partial charge on any atom is -0.507 e. The number of hydrogen-bond acceptors (Lipinski definition) is 5. The number of hydrazone groups is 1. The summed E-state index contributed by atoms with van der Waals surface area (Å²) >= 11 is 0. The highest BCUT2D eigenvalue weighted by Crippen LogP contribution is 2.32. The Labute approximate surface area is 158 Å². The summed E-state index contributed by atoms with van der Waals surface area (Å²) in [6, 6.07) is 13.0. The van der Waals surface area contributed by atoms with Gasteiger partial charge in [-0.15, -0.1) is 0 Å². The molecule has 0 fully saturated rings. The van der Waals surface area contributed by atoms with Crippen molar-refractivity contribution in [2.75, 3.05) is 5.43 Å². The van der Waals surface area contributed by atoms with Crippen LogP contribution in [0.5, 0.6) is 5.75 Å². The maximum atomic E-state index is 11.9. The molecule has 3 rings (SSSR count). The molecule has 0 unspecified atom stereocenters. The molecule has 1 aromatic heterocycles. The first-order valence-electron chi connectivity index (χ1n) is 9.16. The lowest BCUT2D eigenvalue weighted by Gasteiger charge is -2.13. The van der Waals surface area contributed by atoms with Crippen LogP contribution >= 0.6 is 0 Å². The van der Waals surface area contributed by atoms with E-state index in [2.05, 4.69) is 17.5 Å². The summed E-state index contributed by atoms with van der Waals surface area (Å²) in [5.74, 6) is 0.0782. The number of para-hydroxylation sites is 1. The van der Waals surface area contributed by atoms with Gasteiger partial charge in [0.25, 0.3) is 0 Å². The molecule has 0 aliphatic heterocycles. The Bertz CT molecular complexity index is 1040. The number of rotatable bonds is 6. The van der Waals surface area contributed by atoms with Gasteiger partial charge in [-0.2, -0.15) is 5.10 Å². The Balaban J connectivity index is 2.08. The Morgan fingerprint density at radius 2 is 1.96 bits per heavy atom. The van der Waals surface area contributed by atoms with E-state index in [9.17, 15) is 9.90 Å². The van der Waals surface area contributed by atoms with Crippen molar-refractivity contribution >= 4 is 22.4 Å². The van der Waals surface area contributed by atoms with Gasteiger partial charge in [0.15, 0.2) is 0 Å². The summed E-state index contributed by atoms with van der Waals surface area (Å²) in [5.41, 5.74) is 6.67. The monoisotopic (exact) mass is 364 g/mol. The molecule has 0 aliphatic carbocycles. The van der Waals surface area contributed by atoms with Gasteiger partial charge in [-0.3, -0.25) is 5.43 Å². The molecule has 0 bridgehead atoms. The molecule has 140 valence electrons. The zero-order valence-corrected chi connectivity index (χ0v) is 15.9. The van der Waals surface area contributed by atoms with Crippen LogP contribution < -0.4 is 11.1 Å². The van der Waals surface area contributed by atoms with Crippen molar-refractivity contribution in [2.45, 2.75) is 40.0 Å². The summed E-state index contributed by atoms with van der Waals surface area (Å²) in [6.07, 6.45) is 2.81. The van der Waals surface area contributed by atoms with Crippen LogP contribution in [0.3, 0.4) is 0 Å². The molecule has 5 nitrogen and oxygen atoms in total. The minimum atomic E-state index is -0.389. The van der Waals surface area contributed by atoms with Crippen molar-refractivity contribution in [3.63, 3.8) is 0 Å². The highest BCUT2D eigenvalue weighted by Gasteiger charge is 2.16. The molecule has 0 atom stereocenters. The molecule has 0 radical (unpaired) electrons. The van der Waals surface area contributed by atoms with E-state index in [4.69, 9.17) is 4.42 Å². The van der Waals surface area contributed by atoms with Gasteiger partial charge in [0, 0.05) is 22.6 Å². The average Bonchev–Trinajstić information content (AvgIpc) is 2.68. The molecule has 0 saturated heterocycles. The lowest BCUT2D eigenvalue weighted by molar-refractivity contribution is 0.467. The lowest BCUT2D eigenvalue weighted by Crippen LogP contribution is -2.05. The molecular formula is C22H24N2O3. The van der Waals surface area contributed by atoms with Gasteiger partial charge >= 0.3 is 5.63 Å². The van der Waals surface area contributed by atoms with E-state index < -0.39 is 0 Å². The third kappa shape index (κ3) is 4.03. The summed E-state index contributed by atoms with van der Waals surface area (Å²) in [7, 11) is 0. The predicted octanol–water partition coefficient (Wildman–Crippen LogP) is 4.99. The molecule has 1 heterocycles. The average molecular weight is 364 g/mol. The van der Waals surface area contributed by atoms with Crippen LogP contribution in [0.4, 0.5) is 5.69 Å². The molecule has 0 amide bonds. The van der Waals surface area contributed by atoms with Gasteiger partial charge < -0.3 is 9.52 Å². The maximum Gasteiger partial charge on any atom is 0.336 e. The second-order valence-electron chi connectivity index (χ2n) is 6.64. The zero-order chi connectivity index (χ0) is 19.4. The Kier molecular flexibility index (Phi) is 5.60. The van der Waals surface area contributed by atoms with E-state index in [1.54, 1.807) is 13.0 Å². The second kappa shape index (κ2) is 8.08. The van der Waals surface area contributed by atoms with Gasteiger partial charge in [0.2, 0.25) is 0 Å². The van der Waals surface area contributed by atoms with Crippen LogP contribution in [0.15, 0.2) is 56.8 Å². The van der Waals surface area contributed by atoms with Crippen LogP contribution in [0.2, 0.25) is 0 Å². The highest BCUT2D eigenvalue weighted by molar-refractivity contribution is 6.05. The molecule has 27 heavy (non-hydrogen) atoms. The molecule has 2 N–H and O–H groups in total. The van der Waals surface area contributed by atoms with E-state index in [0.29, 0.717) is 22.4 Å². The van der Waals surface area contributed by atoms with E-state index in [1.165, 1.54) is 0 Å². The van der Waals surface area contributed by atoms with E-state index >= 15 is 0 Å². The van der Waals surface area contributed by atoms with E-state index in [0.717, 1.165) is 35.9 Å². The topological polar surface area (TPSA) is 74.8 Å². The van der Waals surface area contributed by atoms with Crippen LogP contribution in [-0.2, 0) is 6.42 Å². The second-order valence-corrected chi connectivity index (χ2v) is 6.64. The quantitative estimate of drug-likeness (QED) is 0.367. The van der Waals surface area contributed by atoms with Gasteiger partial charge in [-0.05, 0) is 50.5 Å². The standard InChI is InChI=1S/C22H24N2O3/c1-4-5-9-16-12-20(25)27-22-14(2)21(26)18(13-19(16)22)15(3)23-24-17-10-7-6-8-11-17/h6-8,10-13,24,26H,4-5,9H2,1-3H3. The van der Waals surface area contributed by atoms with Gasteiger partial charge in [-0.1, -0.05) is 31.5 Å². The molecule has 0 saturated carbocycles. The first kappa shape index (κ1) is 18.7. The summed E-state index contributed by atoms with van der Waals surface area (Å²) < 4.78 is 5.39. The first-order chi connectivity index (χ1) is 13.0. The normalized spacial score (nSPS) is 11.7. The smallest absolute Gasteiger partial charge is 0.336 e. The molecule has 3 aromatic rings. The molecule has 5 heteroatoms. The maximum absolute atomic E-state index is 11.9. The summed E-state index contributed by atoms with van der Waals surface area (Å²) in [4.78, 5) is 11.9. The fraction of sp³-hybridized carbons (Fsp3) is 0.273. The molecule has 0 spiro atoms. The Morgan fingerprint density at radius 3 is 2.67 bits per heavy atom. The van der Waals surface area contributed by atoms with Gasteiger partial charge in [-0.25, -0.2) is 4.79 Å². The zero-order valence-electron chi connectivity index (χ0n) is 15.9. The van der Waals surface area contributed by atoms with Crippen molar-refractivity contribution in [1.29, 1.82) is 0 Å². The molecule has 2 aromatic carbocycles. The van der Waals surface area contributed by atoms with Crippen molar-refractivity contribution in [2.24, 2.45) is 5.10 Å². The number of unbranched alkanes of at least 4 members (excludes halogenated alkanes) is 1. The number of fused-ring (bicyclic) bond motifs is 1. The van der Waals surface area contributed by atoms with Crippen LogP contribution in [0, 0.1) is 6.92 Å². The van der Waals surface area contributed by atoms with Crippen molar-refractivity contribution in [3.8, 4) is 5.75 Å². The number of aromatic hydroxyl groups is 1. The number of nitrogens with zero attached hydrogens (tertiary/aromatic N) is 1. The van der Waals surface area contributed by atoms with Crippen LogP contribution in [-0.4, -0.2) is 10.8 Å². The molecule has 0 aliphatic rings. The Hall–Kier alpha value is -3.08. The summed E-state index contributed by atoms with van der Waals surface area (Å²) in [5, 5.41) is 15.9. The Morgan fingerprint density at radius 1 is 1.22 bits per heavy atom. The predicted molar refractivity (Wildman–Crippen MR) is 110 cm³/mol. The number of anilines is 1. The SMILES string of the molecule is CCCCc1cc(=O)oc2c(C)c(O)c(C(C)=NNc3ccccc3)cc12. The number of nitrogens with one attached hydrogen (secondary N) is 1. The summed E-state index contributed by atoms with van der Waals surface area (Å²) in [6.45, 7) is 5.70. The van der Waals surface area contributed by atoms with Crippen LogP contribution in [0.25, 0.3) is 11.0 Å². The number of benzene rings is 2. The van der Waals surface area contributed by atoms with E-state index in [1.807, 2.05) is 43.3 Å². The third-order valence-electron chi connectivity index (χ3n) is 4.64. The van der Waals surface area contributed by atoms with E-state index in [-0.39, 0.29) is 11.4 Å². The fourth-order valence-electron chi connectivity index (χ4n) is 3.08. The number of aryl methyl sites for hydroxylation is 2. The highest BCUT2D eigenvalue weighted by atomic mass is 16.4. The lowest BCUT2D eigenvalue weighted by atomic mass is 9.97. The first-order valence-corrected chi connectivity index (χ1v) is 9.16. The third-order valence-corrected chi connectivity index (χ3v) is 4.64. The fourth-order valence-corrected chi connectivity index (χ4v) is 3.08. The van der Waals surface area contributed by atoms with Crippen molar-refractivity contribution in [3.05, 3.63) is 69.6 Å². The van der Waals surface area contributed by atoms with Crippen LogP contribution in [0.1, 0.15) is 43.4 Å². The largest absolute Gasteiger partial charge is 0.507 e. The minimum absolute atomic E-state index is 0.0782. The number of hydrogen-bond donors (Lipinski definition) is 2.